The third kappa shape index (κ3) is 10.4. The number of nitrogens with one attached hydrogen (secondary N) is 1. The summed E-state index contributed by atoms with van der Waals surface area (Å²) in [7, 11) is 0. The van der Waals surface area contributed by atoms with E-state index in [9.17, 15) is 0 Å². The normalized spacial score (nSPS) is 11.9. The first-order valence-electron chi connectivity index (χ1n) is 6.84. The Morgan fingerprint density at radius 3 is 2.57 bits per heavy atom. The van der Waals surface area contributed by atoms with Crippen LogP contribution in [0.2, 0.25) is 0 Å². The molecule has 3 nitrogen and oxygen atoms in total. The number of halogens is 2. The van der Waals surface area contributed by atoms with Crippen LogP contribution in [0.5, 0.6) is 0 Å². The minimum Gasteiger partial charge on any atom is -0.370 e. The first-order valence-corrected chi connectivity index (χ1v) is 8.62. The van der Waals surface area contributed by atoms with Crippen LogP contribution in [0.1, 0.15) is 33.6 Å². The van der Waals surface area contributed by atoms with Gasteiger partial charge in [-0.25, -0.2) is 0 Å². The zero-order valence-corrected chi connectivity index (χ0v) is 17.6. The zero-order valence-electron chi connectivity index (χ0n) is 12.9. The molecule has 0 aliphatic rings. The van der Waals surface area contributed by atoms with Crippen LogP contribution < -0.4 is 11.1 Å². The Labute approximate surface area is 158 Å². The monoisotopic (exact) mass is 485 g/mol. The van der Waals surface area contributed by atoms with Gasteiger partial charge in [0.05, 0.1) is 0 Å². The topological polar surface area (TPSA) is 50.4 Å². The van der Waals surface area contributed by atoms with Gasteiger partial charge in [-0.05, 0) is 67.4 Å². The molecule has 120 valence electrons. The number of thioether (sulfide) groups is 1. The number of rotatable bonds is 6. The summed E-state index contributed by atoms with van der Waals surface area (Å²) in [4.78, 5) is 5.63. The maximum absolute atomic E-state index is 5.81. The van der Waals surface area contributed by atoms with Gasteiger partial charge in [0.25, 0.3) is 0 Å². The quantitative estimate of drug-likeness (QED) is 0.203. The molecule has 0 amide bonds. The number of unbranched alkanes of at least 4 members (excludes halogenated alkanes) is 1. The fraction of sp³-hybridized carbons (Fsp3) is 0.533. The lowest BCUT2D eigenvalue weighted by atomic mass is 10.1. The molecule has 0 radical (unpaired) electrons. The third-order valence-corrected chi connectivity index (χ3v) is 4.55. The predicted octanol–water partition coefficient (Wildman–Crippen LogP) is 4.64. The van der Waals surface area contributed by atoms with E-state index >= 15 is 0 Å². The van der Waals surface area contributed by atoms with Gasteiger partial charge >= 0.3 is 0 Å². The molecule has 0 saturated heterocycles. The molecule has 0 aliphatic carbocycles. The van der Waals surface area contributed by atoms with Crippen molar-refractivity contribution < 1.29 is 0 Å². The number of guanidine groups is 1. The van der Waals surface area contributed by atoms with Gasteiger partial charge < -0.3 is 11.1 Å². The van der Waals surface area contributed by atoms with Crippen molar-refractivity contribution in [3.8, 4) is 0 Å². The summed E-state index contributed by atoms with van der Waals surface area (Å²) in [6.45, 7) is 7.00. The maximum atomic E-state index is 5.81. The van der Waals surface area contributed by atoms with Crippen LogP contribution in [0.4, 0.5) is 0 Å². The molecule has 0 aliphatic heterocycles. The average Bonchev–Trinajstić information content (AvgIpc) is 2.33. The van der Waals surface area contributed by atoms with Crippen LogP contribution in [0.25, 0.3) is 0 Å². The van der Waals surface area contributed by atoms with Gasteiger partial charge in [0.1, 0.15) is 0 Å². The number of benzene rings is 1. The van der Waals surface area contributed by atoms with Crippen LogP contribution in [-0.2, 0) is 0 Å². The van der Waals surface area contributed by atoms with Crippen molar-refractivity contribution in [1.29, 1.82) is 0 Å². The fourth-order valence-electron chi connectivity index (χ4n) is 1.58. The molecule has 1 aromatic carbocycles. The van der Waals surface area contributed by atoms with Crippen molar-refractivity contribution in [2.75, 3.05) is 12.3 Å². The molecule has 0 saturated carbocycles. The standard InChI is InChI=1S/C15H24BrN3S.HI/c1-15(2,3)19-14(17)18-10-6-7-11-20-13-9-5-4-8-12(13)16;/h4-5,8-9H,6-7,10-11H2,1-3H3,(H3,17,18,19);1H. The molecular formula is C15H25BrIN3S. The van der Waals surface area contributed by atoms with Gasteiger partial charge in [-0.2, -0.15) is 0 Å². The van der Waals surface area contributed by atoms with Crippen molar-refractivity contribution in [2.45, 2.75) is 44.0 Å². The van der Waals surface area contributed by atoms with Crippen molar-refractivity contribution in [3.05, 3.63) is 28.7 Å². The van der Waals surface area contributed by atoms with E-state index in [1.165, 1.54) is 9.37 Å². The Balaban J connectivity index is 0.00000400. The highest BCUT2D eigenvalue weighted by molar-refractivity contribution is 14.0. The minimum atomic E-state index is -0.0248. The number of nitrogens with two attached hydrogens (primary N) is 1. The summed E-state index contributed by atoms with van der Waals surface area (Å²) < 4.78 is 1.17. The van der Waals surface area contributed by atoms with Crippen LogP contribution in [0.3, 0.4) is 0 Å². The van der Waals surface area contributed by atoms with Gasteiger partial charge in [0.2, 0.25) is 0 Å². The summed E-state index contributed by atoms with van der Waals surface area (Å²) in [6.07, 6.45) is 2.20. The van der Waals surface area contributed by atoms with E-state index in [-0.39, 0.29) is 29.5 Å². The molecular weight excluding hydrogens is 461 g/mol. The zero-order chi connectivity index (χ0) is 15.0. The third-order valence-electron chi connectivity index (χ3n) is 2.43. The highest BCUT2D eigenvalue weighted by atomic mass is 127. The minimum absolute atomic E-state index is 0. The highest BCUT2D eigenvalue weighted by Gasteiger charge is 2.09. The van der Waals surface area contributed by atoms with Crippen LogP contribution >= 0.6 is 51.7 Å². The second kappa shape index (κ2) is 10.7. The Kier molecular flexibility index (Phi) is 10.7. The predicted molar refractivity (Wildman–Crippen MR) is 109 cm³/mol. The number of nitrogens with zero attached hydrogens (tertiary/aromatic N) is 1. The molecule has 0 bridgehead atoms. The molecule has 1 rings (SSSR count). The summed E-state index contributed by atoms with van der Waals surface area (Å²) in [6, 6.07) is 8.31. The largest absolute Gasteiger partial charge is 0.370 e. The Morgan fingerprint density at radius 2 is 1.95 bits per heavy atom. The Hall–Kier alpha value is 0.0500. The summed E-state index contributed by atoms with van der Waals surface area (Å²) in [5.41, 5.74) is 5.79. The molecule has 6 heteroatoms. The molecule has 0 atom stereocenters. The van der Waals surface area contributed by atoms with Crippen molar-refractivity contribution >= 4 is 57.6 Å². The van der Waals surface area contributed by atoms with E-state index in [0.717, 1.165) is 25.1 Å². The van der Waals surface area contributed by atoms with Crippen LogP contribution in [0.15, 0.2) is 38.6 Å². The smallest absolute Gasteiger partial charge is 0.188 e. The lowest BCUT2D eigenvalue weighted by Crippen LogP contribution is -2.45. The molecule has 0 fully saturated rings. The van der Waals surface area contributed by atoms with Crippen molar-refractivity contribution in [2.24, 2.45) is 10.7 Å². The SMILES string of the molecule is CC(C)(C)NC(N)=NCCCCSc1ccccc1Br.I. The van der Waals surface area contributed by atoms with Crippen molar-refractivity contribution in [1.82, 2.24) is 5.32 Å². The maximum Gasteiger partial charge on any atom is 0.188 e. The molecule has 0 unspecified atom stereocenters. The van der Waals surface area contributed by atoms with E-state index < -0.39 is 0 Å². The molecule has 21 heavy (non-hydrogen) atoms. The molecule has 0 aromatic heterocycles. The lowest BCUT2D eigenvalue weighted by Gasteiger charge is -2.20. The van der Waals surface area contributed by atoms with Crippen LogP contribution in [0, 0.1) is 0 Å². The van der Waals surface area contributed by atoms with E-state index in [4.69, 9.17) is 5.73 Å². The highest BCUT2D eigenvalue weighted by Crippen LogP contribution is 2.27. The van der Waals surface area contributed by atoms with E-state index in [1.54, 1.807) is 0 Å². The number of hydrogen-bond acceptors (Lipinski definition) is 2. The fourth-order valence-corrected chi connectivity index (χ4v) is 3.16. The van der Waals surface area contributed by atoms with Crippen LogP contribution in [-0.4, -0.2) is 23.8 Å². The summed E-state index contributed by atoms with van der Waals surface area (Å²) in [5, 5.41) is 3.16. The Bertz CT molecular complexity index is 447. The second-order valence-corrected chi connectivity index (χ2v) is 7.62. The van der Waals surface area contributed by atoms with Gasteiger partial charge in [-0.3, -0.25) is 4.99 Å². The van der Waals surface area contributed by atoms with E-state index in [0.29, 0.717) is 5.96 Å². The van der Waals surface area contributed by atoms with E-state index in [2.05, 4.69) is 65.2 Å². The van der Waals surface area contributed by atoms with Gasteiger partial charge in [-0.1, -0.05) is 12.1 Å². The second-order valence-electron chi connectivity index (χ2n) is 5.63. The van der Waals surface area contributed by atoms with E-state index in [1.807, 2.05) is 17.8 Å². The number of hydrogen-bond donors (Lipinski definition) is 2. The average molecular weight is 486 g/mol. The first-order chi connectivity index (χ1) is 9.38. The molecule has 1 aromatic rings. The molecule has 0 heterocycles. The summed E-state index contributed by atoms with van der Waals surface area (Å²) >= 11 is 5.43. The van der Waals surface area contributed by atoms with Gasteiger partial charge in [-0.15, -0.1) is 35.7 Å². The Morgan fingerprint density at radius 1 is 1.29 bits per heavy atom. The van der Waals surface area contributed by atoms with Crippen molar-refractivity contribution in [3.63, 3.8) is 0 Å². The summed E-state index contributed by atoms with van der Waals surface area (Å²) in [5.74, 6) is 1.64. The first kappa shape index (κ1) is 21.0. The van der Waals surface area contributed by atoms with Gasteiger partial charge in [0.15, 0.2) is 5.96 Å². The molecule has 0 spiro atoms. The molecule has 3 N–H and O–H groups in total. The van der Waals surface area contributed by atoms with Gasteiger partial charge in [0, 0.05) is 21.5 Å². The number of aliphatic imine (C=N–C) groups is 1. The lowest BCUT2D eigenvalue weighted by molar-refractivity contribution is 0.508.